The lowest BCUT2D eigenvalue weighted by atomic mass is 10.1. The molecule has 0 aliphatic heterocycles. The largest absolute Gasteiger partial charge is 0.465 e. The van der Waals surface area contributed by atoms with Crippen LogP contribution in [0.15, 0.2) is 71.1 Å². The van der Waals surface area contributed by atoms with Crippen molar-refractivity contribution in [2.75, 3.05) is 7.11 Å². The molecule has 4 nitrogen and oxygen atoms in total. The van der Waals surface area contributed by atoms with E-state index in [-0.39, 0.29) is 5.97 Å². The number of oxazole rings is 1. The molecule has 0 aliphatic rings. The Kier molecular flexibility index (Phi) is 4.77. The molecule has 28 heavy (non-hydrogen) atoms. The second-order valence-corrected chi connectivity index (χ2v) is 6.56. The molecule has 0 unspecified atom stereocenters. The maximum Gasteiger partial charge on any atom is 0.337 e. The highest BCUT2D eigenvalue weighted by atomic mass is 16.5. The highest BCUT2D eigenvalue weighted by Crippen LogP contribution is 2.25. The minimum Gasteiger partial charge on any atom is -0.465 e. The monoisotopic (exact) mass is 369 g/mol. The van der Waals surface area contributed by atoms with Crippen LogP contribution in [-0.4, -0.2) is 18.1 Å². The molecule has 4 rings (SSSR count). The van der Waals surface area contributed by atoms with Gasteiger partial charge < -0.3 is 9.15 Å². The van der Waals surface area contributed by atoms with Crippen molar-refractivity contribution < 1.29 is 13.9 Å². The smallest absolute Gasteiger partial charge is 0.337 e. The molecule has 0 fully saturated rings. The van der Waals surface area contributed by atoms with Gasteiger partial charge in [-0.2, -0.15) is 0 Å². The van der Waals surface area contributed by atoms with E-state index in [9.17, 15) is 4.79 Å². The number of aromatic nitrogens is 1. The van der Waals surface area contributed by atoms with Crippen LogP contribution in [0.2, 0.25) is 0 Å². The normalized spacial score (nSPS) is 11.2. The summed E-state index contributed by atoms with van der Waals surface area (Å²) in [6.45, 7) is 2.04. The second-order valence-electron chi connectivity index (χ2n) is 6.56. The molecule has 4 aromatic rings. The maximum absolute atomic E-state index is 11.5. The summed E-state index contributed by atoms with van der Waals surface area (Å²) in [6.07, 6.45) is 4.02. The van der Waals surface area contributed by atoms with Gasteiger partial charge in [0, 0.05) is 5.56 Å². The van der Waals surface area contributed by atoms with Gasteiger partial charge >= 0.3 is 5.97 Å². The zero-order valence-electron chi connectivity index (χ0n) is 15.7. The summed E-state index contributed by atoms with van der Waals surface area (Å²) >= 11 is 0. The highest BCUT2D eigenvalue weighted by Gasteiger charge is 2.08. The van der Waals surface area contributed by atoms with E-state index in [1.54, 1.807) is 12.1 Å². The van der Waals surface area contributed by atoms with Crippen molar-refractivity contribution in [1.82, 2.24) is 4.98 Å². The molecule has 138 valence electrons. The van der Waals surface area contributed by atoms with Gasteiger partial charge in [0.1, 0.15) is 5.52 Å². The summed E-state index contributed by atoms with van der Waals surface area (Å²) < 4.78 is 10.6. The predicted molar refractivity (Wildman–Crippen MR) is 111 cm³/mol. The van der Waals surface area contributed by atoms with E-state index in [4.69, 9.17) is 9.15 Å². The van der Waals surface area contributed by atoms with Crippen molar-refractivity contribution in [2.45, 2.75) is 6.92 Å². The van der Waals surface area contributed by atoms with E-state index in [1.807, 2.05) is 73.7 Å². The van der Waals surface area contributed by atoms with Crippen molar-refractivity contribution in [3.8, 4) is 11.5 Å². The Morgan fingerprint density at radius 2 is 1.57 bits per heavy atom. The molecule has 0 N–H and O–H groups in total. The van der Waals surface area contributed by atoms with Gasteiger partial charge in [-0.1, -0.05) is 42.5 Å². The number of carbonyl (C=O) groups is 1. The first-order valence-electron chi connectivity index (χ1n) is 8.96. The number of rotatable bonds is 4. The highest BCUT2D eigenvalue weighted by molar-refractivity contribution is 5.89. The Morgan fingerprint density at radius 1 is 0.929 bits per heavy atom. The first-order valence-corrected chi connectivity index (χ1v) is 8.96. The van der Waals surface area contributed by atoms with E-state index in [0.29, 0.717) is 11.5 Å². The molecule has 0 amide bonds. The number of hydrogen-bond acceptors (Lipinski definition) is 4. The number of esters is 1. The van der Waals surface area contributed by atoms with Gasteiger partial charge in [0.05, 0.1) is 12.7 Å². The first kappa shape index (κ1) is 17.7. The Balaban J connectivity index is 1.51. The number of benzene rings is 3. The van der Waals surface area contributed by atoms with E-state index in [0.717, 1.165) is 33.4 Å². The second kappa shape index (κ2) is 7.53. The lowest BCUT2D eigenvalue weighted by Gasteiger charge is -2.00. The minimum absolute atomic E-state index is 0.333. The number of carbonyl (C=O) groups excluding carboxylic acids is 1. The van der Waals surface area contributed by atoms with Crippen LogP contribution in [0.1, 0.15) is 27.0 Å². The SMILES string of the molecule is COC(=O)c1ccc(C=Cc2ccc(-c3nc4cc(C)ccc4o3)cc2)cc1. The van der Waals surface area contributed by atoms with Crippen LogP contribution < -0.4 is 0 Å². The van der Waals surface area contributed by atoms with E-state index >= 15 is 0 Å². The minimum atomic E-state index is -0.333. The summed E-state index contributed by atoms with van der Waals surface area (Å²) in [6, 6.07) is 21.3. The molecule has 0 atom stereocenters. The average Bonchev–Trinajstić information content (AvgIpc) is 3.15. The first-order chi connectivity index (χ1) is 13.6. The Morgan fingerprint density at radius 3 is 2.21 bits per heavy atom. The molecule has 0 spiro atoms. The summed E-state index contributed by atoms with van der Waals surface area (Å²) in [7, 11) is 1.38. The molecule has 4 heteroatoms. The Bertz CT molecular complexity index is 1150. The topological polar surface area (TPSA) is 52.3 Å². The van der Waals surface area contributed by atoms with Crippen LogP contribution in [0.25, 0.3) is 34.7 Å². The average molecular weight is 369 g/mol. The third-order valence-electron chi connectivity index (χ3n) is 4.50. The van der Waals surface area contributed by atoms with Gasteiger partial charge in [-0.15, -0.1) is 0 Å². The van der Waals surface area contributed by atoms with E-state index in [1.165, 1.54) is 7.11 Å². The number of hydrogen-bond donors (Lipinski definition) is 0. The van der Waals surface area contributed by atoms with Crippen LogP contribution in [-0.2, 0) is 4.74 Å². The maximum atomic E-state index is 11.5. The quantitative estimate of drug-likeness (QED) is 0.339. The summed E-state index contributed by atoms with van der Waals surface area (Å²) in [5.41, 5.74) is 6.37. The molecule has 0 aliphatic carbocycles. The number of nitrogens with zero attached hydrogens (tertiary/aromatic N) is 1. The molecule has 0 bridgehead atoms. The van der Waals surface area contributed by atoms with E-state index < -0.39 is 0 Å². The van der Waals surface area contributed by atoms with Gasteiger partial charge in [-0.05, 0) is 60.0 Å². The molecule has 0 radical (unpaired) electrons. The lowest BCUT2D eigenvalue weighted by molar-refractivity contribution is 0.0600. The van der Waals surface area contributed by atoms with Crippen LogP contribution >= 0.6 is 0 Å². The molecular formula is C24H19NO3. The van der Waals surface area contributed by atoms with Crippen molar-refractivity contribution in [1.29, 1.82) is 0 Å². The molecule has 3 aromatic carbocycles. The fourth-order valence-electron chi connectivity index (χ4n) is 2.94. The summed E-state index contributed by atoms with van der Waals surface area (Å²) in [4.78, 5) is 16.0. The zero-order valence-corrected chi connectivity index (χ0v) is 15.7. The number of ether oxygens (including phenoxy) is 1. The molecular weight excluding hydrogens is 350 g/mol. The fraction of sp³-hybridized carbons (Fsp3) is 0.0833. The number of fused-ring (bicyclic) bond motifs is 1. The van der Waals surface area contributed by atoms with Crippen LogP contribution in [0.3, 0.4) is 0 Å². The zero-order chi connectivity index (χ0) is 19.5. The van der Waals surface area contributed by atoms with Gasteiger partial charge in [-0.25, -0.2) is 9.78 Å². The van der Waals surface area contributed by atoms with Gasteiger partial charge in [0.2, 0.25) is 5.89 Å². The van der Waals surface area contributed by atoms with Crippen LogP contribution in [0.5, 0.6) is 0 Å². The van der Waals surface area contributed by atoms with Crippen molar-refractivity contribution in [2.24, 2.45) is 0 Å². The van der Waals surface area contributed by atoms with Crippen LogP contribution in [0.4, 0.5) is 0 Å². The van der Waals surface area contributed by atoms with Crippen LogP contribution in [0, 0.1) is 6.92 Å². The summed E-state index contributed by atoms with van der Waals surface area (Å²) in [5.74, 6) is 0.287. The Labute approximate surface area is 163 Å². The lowest BCUT2D eigenvalue weighted by Crippen LogP contribution is -2.00. The summed E-state index contributed by atoms with van der Waals surface area (Å²) in [5, 5.41) is 0. The van der Waals surface area contributed by atoms with Crippen molar-refractivity contribution in [3.05, 3.63) is 89.0 Å². The fourth-order valence-corrected chi connectivity index (χ4v) is 2.94. The van der Waals surface area contributed by atoms with Crippen molar-refractivity contribution >= 4 is 29.2 Å². The van der Waals surface area contributed by atoms with Gasteiger partial charge in [0.25, 0.3) is 0 Å². The van der Waals surface area contributed by atoms with Gasteiger partial charge in [0.15, 0.2) is 5.58 Å². The van der Waals surface area contributed by atoms with E-state index in [2.05, 4.69) is 4.98 Å². The third-order valence-corrected chi connectivity index (χ3v) is 4.50. The third kappa shape index (κ3) is 3.71. The molecule has 1 heterocycles. The predicted octanol–water partition coefficient (Wildman–Crippen LogP) is 5.76. The molecule has 0 saturated carbocycles. The standard InChI is InChI=1S/C24H19NO3/c1-16-3-14-22-21(15-16)25-23(28-22)19-10-6-17(7-11-19)4-5-18-8-12-20(13-9-18)24(26)27-2/h3-15H,1-2H3. The Hall–Kier alpha value is -3.66. The number of methoxy groups -OCH3 is 1. The van der Waals surface area contributed by atoms with Gasteiger partial charge in [-0.3, -0.25) is 0 Å². The number of aryl methyl sites for hydroxylation is 1. The van der Waals surface area contributed by atoms with Crippen molar-refractivity contribution in [3.63, 3.8) is 0 Å². The molecule has 1 aromatic heterocycles. The molecule has 0 saturated heterocycles.